The molecule has 20 heavy (non-hydrogen) atoms. The lowest BCUT2D eigenvalue weighted by molar-refractivity contribution is -0.864. The van der Waals surface area contributed by atoms with Gasteiger partial charge in [-0.2, -0.15) is 0 Å². The summed E-state index contributed by atoms with van der Waals surface area (Å²) in [4.78, 5) is 17.9. The fourth-order valence-electron chi connectivity index (χ4n) is 0.775. The molecule has 0 aliphatic rings. The van der Waals surface area contributed by atoms with Crippen molar-refractivity contribution in [3.63, 3.8) is 0 Å². The van der Waals surface area contributed by atoms with E-state index in [-0.39, 0.29) is 0 Å². The summed E-state index contributed by atoms with van der Waals surface area (Å²) in [7, 11) is 12.8. The number of hydrogen-bond acceptors (Lipinski definition) is 4. The van der Waals surface area contributed by atoms with Gasteiger partial charge in [-0.15, -0.1) is 0 Å². The van der Waals surface area contributed by atoms with Gasteiger partial charge >= 0.3 is 0 Å². The zero-order chi connectivity index (χ0) is 17.0. The Labute approximate surface area is 122 Å². The maximum atomic E-state index is 8.93. The molecule has 0 rings (SSSR count). The van der Waals surface area contributed by atoms with Gasteiger partial charge in [0.2, 0.25) is 0 Å². The van der Waals surface area contributed by atoms with Gasteiger partial charge in [-0.1, -0.05) is 13.2 Å². The van der Waals surface area contributed by atoms with Gasteiger partial charge < -0.3 is 28.8 Å². The first-order valence-corrected chi connectivity index (χ1v) is 6.02. The molecule has 0 aliphatic carbocycles. The van der Waals surface area contributed by atoms with E-state index in [1.807, 2.05) is 12.2 Å². The van der Waals surface area contributed by atoms with Crippen LogP contribution in [0.3, 0.4) is 0 Å². The number of hydrogen-bond donors (Lipinski definition) is 0. The second-order valence-electron chi connectivity index (χ2n) is 6.10. The zero-order valence-electron chi connectivity index (χ0n) is 13.5. The fourth-order valence-corrected chi connectivity index (χ4v) is 0.775. The summed E-state index contributed by atoms with van der Waals surface area (Å²) in [6, 6.07) is 0. The van der Waals surface area contributed by atoms with Crippen molar-refractivity contribution in [2.75, 3.05) is 55.4 Å². The van der Waals surface area contributed by atoms with Crippen LogP contribution in [0.2, 0.25) is 0 Å². The van der Waals surface area contributed by atoms with Crippen LogP contribution in [0.1, 0.15) is 0 Å². The van der Waals surface area contributed by atoms with Crippen LogP contribution in [0.25, 0.3) is 0 Å². The molecule has 0 spiro atoms. The Hall–Kier alpha value is -1.66. The van der Waals surface area contributed by atoms with E-state index in [4.69, 9.17) is 19.8 Å². The normalized spacial score (nSPS) is 10.1. The van der Waals surface area contributed by atoms with Crippen LogP contribution < -0.4 is 10.2 Å². The highest BCUT2D eigenvalue weighted by atomic mass is 16.4. The van der Waals surface area contributed by atoms with Crippen molar-refractivity contribution in [1.82, 2.24) is 0 Å². The number of nitrogens with zero attached hydrogens (tertiary/aromatic N) is 2. The first-order valence-electron chi connectivity index (χ1n) is 6.02. The molecule has 0 saturated carbocycles. The van der Waals surface area contributed by atoms with Crippen LogP contribution in [0, 0.1) is 0 Å². The van der Waals surface area contributed by atoms with E-state index in [0.29, 0.717) is 0 Å². The Morgan fingerprint density at radius 2 is 1.00 bits per heavy atom. The third-order valence-corrected chi connectivity index (χ3v) is 1.52. The number of carboxylic acids is 2. The number of quaternary nitrogens is 2. The van der Waals surface area contributed by atoms with Crippen molar-refractivity contribution in [3.05, 3.63) is 25.3 Å². The lowest BCUT2D eigenvalue weighted by atomic mass is 10.5. The standard InChI is InChI=1S/2C6H14N.C2H2O4/c2*1-5-6-7(2,3)4;3-1(4)2(5)6/h2*5H,1,6H2,2-4H3;(H,3,4)(H,5,6)/q2*+1;/p-2. The molecule has 118 valence electrons. The topological polar surface area (TPSA) is 80.3 Å². The van der Waals surface area contributed by atoms with Crippen molar-refractivity contribution in [3.8, 4) is 0 Å². The molecule has 0 unspecified atom stereocenters. The predicted octanol–water partition coefficient (Wildman–Crippen LogP) is -1.76. The molecule has 0 N–H and O–H groups in total. The molecule has 0 saturated heterocycles. The minimum absolute atomic E-state index is 0.976. The van der Waals surface area contributed by atoms with Gasteiger partial charge in [0, 0.05) is 0 Å². The van der Waals surface area contributed by atoms with Gasteiger partial charge in [0.25, 0.3) is 0 Å². The average molecular weight is 288 g/mol. The highest BCUT2D eigenvalue weighted by molar-refractivity contribution is 6.25. The number of carbonyl (C=O) groups excluding carboxylic acids is 2. The Morgan fingerprint density at radius 1 is 0.800 bits per heavy atom. The molecule has 0 aliphatic heterocycles. The van der Waals surface area contributed by atoms with Crippen molar-refractivity contribution < 1.29 is 28.8 Å². The van der Waals surface area contributed by atoms with E-state index >= 15 is 0 Å². The predicted molar refractivity (Wildman–Crippen MR) is 76.2 cm³/mol. The van der Waals surface area contributed by atoms with Gasteiger partial charge in [-0.05, 0) is 12.2 Å². The summed E-state index contributed by atoms with van der Waals surface area (Å²) < 4.78 is 1.95. The summed E-state index contributed by atoms with van der Waals surface area (Å²) >= 11 is 0. The molecule has 0 heterocycles. The lowest BCUT2D eigenvalue weighted by Gasteiger charge is -2.21. The Balaban J connectivity index is -0.000000218. The molecule has 0 aromatic heterocycles. The van der Waals surface area contributed by atoms with E-state index in [1.54, 1.807) is 0 Å². The first-order chi connectivity index (χ1) is 8.76. The third-order valence-electron chi connectivity index (χ3n) is 1.52. The van der Waals surface area contributed by atoms with E-state index in [1.165, 1.54) is 0 Å². The summed E-state index contributed by atoms with van der Waals surface area (Å²) in [5, 5.41) is 17.9. The number of likely N-dealkylation sites (N-methyl/N-ethyl adjacent to an activating group) is 2. The maximum absolute atomic E-state index is 8.93. The van der Waals surface area contributed by atoms with Crippen molar-refractivity contribution >= 4 is 11.9 Å². The van der Waals surface area contributed by atoms with Gasteiger partial charge in [-0.3, -0.25) is 0 Å². The smallest absolute Gasteiger partial charge is 0.0964 e. The van der Waals surface area contributed by atoms with E-state index in [2.05, 4.69) is 55.4 Å². The molecule has 0 amide bonds. The SMILES string of the molecule is C=CC[N+](C)(C)C.C=CC[N+](C)(C)C.O=C([O-])C(=O)[O-]. The van der Waals surface area contributed by atoms with Crippen LogP contribution >= 0.6 is 0 Å². The highest BCUT2D eigenvalue weighted by Gasteiger charge is 2.00. The van der Waals surface area contributed by atoms with E-state index in [0.717, 1.165) is 22.1 Å². The van der Waals surface area contributed by atoms with E-state index < -0.39 is 11.9 Å². The first kappa shape index (κ1) is 23.4. The van der Waals surface area contributed by atoms with Crippen LogP contribution in [0.5, 0.6) is 0 Å². The van der Waals surface area contributed by atoms with Crippen LogP contribution in [0.4, 0.5) is 0 Å². The van der Waals surface area contributed by atoms with Crippen LogP contribution in [0.15, 0.2) is 25.3 Å². The highest BCUT2D eigenvalue weighted by Crippen LogP contribution is 1.87. The van der Waals surface area contributed by atoms with Crippen molar-refractivity contribution in [1.29, 1.82) is 0 Å². The number of carboxylic acid groups (broad SMARTS) is 2. The van der Waals surface area contributed by atoms with Gasteiger partial charge in [0.05, 0.1) is 67.3 Å². The van der Waals surface area contributed by atoms with E-state index in [9.17, 15) is 0 Å². The van der Waals surface area contributed by atoms with Gasteiger partial charge in [0.1, 0.15) is 0 Å². The molecular formula is C14H28N2O4. The zero-order valence-corrected chi connectivity index (χ0v) is 13.5. The molecule has 0 radical (unpaired) electrons. The summed E-state index contributed by atoms with van der Waals surface area (Å²) in [5.74, 6) is -4.37. The Morgan fingerprint density at radius 3 is 1.00 bits per heavy atom. The minimum atomic E-state index is -2.19. The molecule has 6 nitrogen and oxygen atoms in total. The molecule has 0 fully saturated rings. The molecule has 0 aromatic rings. The largest absolute Gasteiger partial charge is 0.543 e. The number of carbonyl (C=O) groups is 2. The van der Waals surface area contributed by atoms with Crippen molar-refractivity contribution in [2.45, 2.75) is 0 Å². The fraction of sp³-hybridized carbons (Fsp3) is 0.571. The van der Waals surface area contributed by atoms with Gasteiger partial charge in [-0.25, -0.2) is 0 Å². The molecule has 6 heteroatoms. The molecule has 0 atom stereocenters. The van der Waals surface area contributed by atoms with Crippen molar-refractivity contribution in [2.24, 2.45) is 0 Å². The van der Waals surface area contributed by atoms with Gasteiger partial charge in [0.15, 0.2) is 0 Å². The quantitative estimate of drug-likeness (QED) is 0.349. The maximum Gasteiger partial charge on any atom is 0.0964 e. The Kier molecular flexibility index (Phi) is 13.1. The average Bonchev–Trinajstić information content (AvgIpc) is 2.15. The Bertz CT molecular complexity index is 280. The number of rotatable bonds is 4. The second-order valence-corrected chi connectivity index (χ2v) is 6.10. The van der Waals surface area contributed by atoms with Crippen LogP contribution in [-0.4, -0.2) is 76.3 Å². The molecular weight excluding hydrogens is 260 g/mol. The summed E-state index contributed by atoms with van der Waals surface area (Å²) in [6.45, 7) is 9.34. The lowest BCUT2D eigenvalue weighted by Crippen LogP contribution is -2.42. The second kappa shape index (κ2) is 11.2. The summed E-state index contributed by atoms with van der Waals surface area (Å²) in [6.07, 6.45) is 3.86. The summed E-state index contributed by atoms with van der Waals surface area (Å²) in [5.41, 5.74) is 0. The molecule has 0 aromatic carbocycles. The number of aliphatic carboxylic acids is 2. The monoisotopic (exact) mass is 288 g/mol. The minimum Gasteiger partial charge on any atom is -0.543 e. The van der Waals surface area contributed by atoms with Crippen LogP contribution in [-0.2, 0) is 9.59 Å². The molecule has 0 bridgehead atoms. The third kappa shape index (κ3) is 36.0.